The van der Waals surface area contributed by atoms with Crippen molar-refractivity contribution < 1.29 is 0 Å². The Kier molecular flexibility index (Phi) is 4.15. The predicted octanol–water partition coefficient (Wildman–Crippen LogP) is 5.37. The molecule has 0 aliphatic carbocycles. The van der Waals surface area contributed by atoms with Crippen molar-refractivity contribution in [3.8, 4) is 11.3 Å². The van der Waals surface area contributed by atoms with Crippen LogP contribution >= 0.6 is 11.3 Å². The van der Waals surface area contributed by atoms with Gasteiger partial charge in [0.25, 0.3) is 0 Å². The summed E-state index contributed by atoms with van der Waals surface area (Å²) in [6.45, 7) is 4.23. The van der Waals surface area contributed by atoms with Crippen molar-refractivity contribution in [1.82, 2.24) is 15.2 Å². The molecular weight excluding hydrogens is 328 g/mol. The van der Waals surface area contributed by atoms with E-state index in [1.54, 1.807) is 11.3 Å². The predicted molar refractivity (Wildman–Crippen MR) is 104 cm³/mol. The fourth-order valence-electron chi connectivity index (χ4n) is 2.63. The van der Waals surface area contributed by atoms with E-state index in [0.717, 1.165) is 28.3 Å². The van der Waals surface area contributed by atoms with Gasteiger partial charge in [0.2, 0.25) is 0 Å². The van der Waals surface area contributed by atoms with E-state index in [9.17, 15) is 0 Å². The second kappa shape index (κ2) is 6.61. The quantitative estimate of drug-likeness (QED) is 0.540. The molecule has 124 valence electrons. The Morgan fingerprint density at radius 2 is 1.80 bits per heavy atom. The third-order valence-electron chi connectivity index (χ3n) is 4.11. The van der Waals surface area contributed by atoms with Gasteiger partial charge in [-0.3, -0.25) is 0 Å². The number of benzene rings is 2. The van der Waals surface area contributed by atoms with Crippen LogP contribution < -0.4 is 5.32 Å². The van der Waals surface area contributed by atoms with Crippen molar-refractivity contribution in [2.45, 2.75) is 20.3 Å². The van der Waals surface area contributed by atoms with Gasteiger partial charge in [-0.05, 0) is 43.2 Å². The number of nitrogens with one attached hydrogen (secondary N) is 1. The molecular formula is C20H18N4S. The molecule has 4 rings (SSSR count). The van der Waals surface area contributed by atoms with Crippen LogP contribution in [-0.2, 0) is 6.42 Å². The second-order valence-corrected chi connectivity index (χ2v) is 7.00. The topological polar surface area (TPSA) is 50.7 Å². The third kappa shape index (κ3) is 3.37. The summed E-state index contributed by atoms with van der Waals surface area (Å²) >= 11 is 1.63. The zero-order valence-corrected chi connectivity index (χ0v) is 15.0. The molecule has 0 amide bonds. The monoisotopic (exact) mass is 346 g/mol. The number of aromatic nitrogens is 3. The van der Waals surface area contributed by atoms with Crippen molar-refractivity contribution in [3.05, 3.63) is 65.7 Å². The molecule has 0 aliphatic rings. The summed E-state index contributed by atoms with van der Waals surface area (Å²) in [6.07, 6.45) is 1.03. The summed E-state index contributed by atoms with van der Waals surface area (Å²) in [6, 6.07) is 18.6. The highest BCUT2D eigenvalue weighted by Crippen LogP contribution is 2.29. The Morgan fingerprint density at radius 3 is 2.52 bits per heavy atom. The van der Waals surface area contributed by atoms with Gasteiger partial charge in [0.15, 0.2) is 10.9 Å². The fourth-order valence-corrected chi connectivity index (χ4v) is 3.57. The average molecular weight is 346 g/mol. The molecule has 0 atom stereocenters. The minimum absolute atomic E-state index is 0.700. The first-order valence-electron chi connectivity index (χ1n) is 8.28. The molecule has 25 heavy (non-hydrogen) atoms. The Hall–Kier alpha value is -2.79. The second-order valence-electron chi connectivity index (χ2n) is 5.97. The number of aryl methyl sites for hydroxylation is 2. The summed E-state index contributed by atoms with van der Waals surface area (Å²) < 4.78 is 1.19. The molecule has 2 heterocycles. The minimum atomic E-state index is 0.700. The van der Waals surface area contributed by atoms with Crippen molar-refractivity contribution in [2.24, 2.45) is 0 Å². The molecule has 5 heteroatoms. The van der Waals surface area contributed by atoms with E-state index in [0.29, 0.717) is 5.82 Å². The first kappa shape index (κ1) is 15.7. The van der Waals surface area contributed by atoms with Gasteiger partial charge < -0.3 is 5.32 Å². The number of hydrogen-bond donors (Lipinski definition) is 1. The molecule has 0 fully saturated rings. The van der Waals surface area contributed by atoms with Crippen LogP contribution in [0.15, 0.2) is 54.6 Å². The lowest BCUT2D eigenvalue weighted by Crippen LogP contribution is -1.95. The number of thiazole rings is 1. The highest BCUT2D eigenvalue weighted by Gasteiger charge is 2.06. The van der Waals surface area contributed by atoms with Crippen LogP contribution in [0, 0.1) is 6.92 Å². The summed E-state index contributed by atoms with van der Waals surface area (Å²) in [7, 11) is 0. The first-order chi connectivity index (χ1) is 12.2. The van der Waals surface area contributed by atoms with Gasteiger partial charge in [0.05, 0.1) is 15.9 Å². The SMILES string of the molecule is CCc1ccc2nc(Nc3ccc(-c4ccc(C)cc4)nn3)sc2c1. The third-order valence-corrected chi connectivity index (χ3v) is 5.04. The van der Waals surface area contributed by atoms with Crippen LogP contribution in [0.5, 0.6) is 0 Å². The maximum Gasteiger partial charge on any atom is 0.189 e. The number of nitrogens with zero attached hydrogens (tertiary/aromatic N) is 3. The van der Waals surface area contributed by atoms with Crippen LogP contribution in [-0.4, -0.2) is 15.2 Å². The van der Waals surface area contributed by atoms with Crippen LogP contribution in [0.4, 0.5) is 10.9 Å². The van der Waals surface area contributed by atoms with E-state index < -0.39 is 0 Å². The van der Waals surface area contributed by atoms with Crippen molar-refractivity contribution in [1.29, 1.82) is 0 Å². The Labute approximate surface area is 150 Å². The minimum Gasteiger partial charge on any atom is -0.315 e. The van der Waals surface area contributed by atoms with Crippen LogP contribution in [0.1, 0.15) is 18.1 Å². The van der Waals surface area contributed by atoms with E-state index in [1.807, 2.05) is 12.1 Å². The van der Waals surface area contributed by atoms with Gasteiger partial charge in [0, 0.05) is 5.56 Å². The van der Waals surface area contributed by atoms with Gasteiger partial charge in [-0.1, -0.05) is 54.2 Å². The number of hydrogen-bond acceptors (Lipinski definition) is 5. The van der Waals surface area contributed by atoms with Gasteiger partial charge in [0.1, 0.15) is 0 Å². The smallest absolute Gasteiger partial charge is 0.189 e. The summed E-state index contributed by atoms with van der Waals surface area (Å²) in [5.41, 5.74) is 5.50. The maximum absolute atomic E-state index is 4.61. The molecule has 0 aliphatic heterocycles. The Morgan fingerprint density at radius 1 is 0.960 bits per heavy atom. The summed E-state index contributed by atoms with van der Waals surface area (Å²) in [4.78, 5) is 4.61. The number of rotatable bonds is 4. The standard InChI is InChI=1S/C20H18N4S/c1-3-14-6-9-17-18(12-14)25-20(21-17)22-19-11-10-16(23-24-19)15-7-4-13(2)5-8-15/h4-12H,3H2,1-2H3,(H,21,22,24). The molecule has 0 unspecified atom stereocenters. The van der Waals surface area contributed by atoms with Gasteiger partial charge in [-0.2, -0.15) is 0 Å². The molecule has 0 radical (unpaired) electrons. The normalized spacial score (nSPS) is 11.0. The highest BCUT2D eigenvalue weighted by atomic mass is 32.1. The molecule has 0 spiro atoms. The van der Waals surface area contributed by atoms with Gasteiger partial charge >= 0.3 is 0 Å². The fraction of sp³-hybridized carbons (Fsp3) is 0.150. The molecule has 4 nitrogen and oxygen atoms in total. The first-order valence-corrected chi connectivity index (χ1v) is 9.10. The molecule has 4 aromatic rings. The zero-order valence-electron chi connectivity index (χ0n) is 14.2. The van der Waals surface area contributed by atoms with E-state index in [4.69, 9.17) is 0 Å². The van der Waals surface area contributed by atoms with Crippen LogP contribution in [0.25, 0.3) is 21.5 Å². The van der Waals surface area contributed by atoms with E-state index in [1.165, 1.54) is 15.8 Å². The van der Waals surface area contributed by atoms with E-state index in [-0.39, 0.29) is 0 Å². The Bertz CT molecular complexity index is 1000. The van der Waals surface area contributed by atoms with Gasteiger partial charge in [-0.15, -0.1) is 10.2 Å². The summed E-state index contributed by atoms with van der Waals surface area (Å²) in [5.74, 6) is 0.700. The van der Waals surface area contributed by atoms with E-state index in [2.05, 4.69) is 76.8 Å². The zero-order chi connectivity index (χ0) is 17.2. The Balaban J connectivity index is 1.55. The molecule has 1 N–H and O–H groups in total. The highest BCUT2D eigenvalue weighted by molar-refractivity contribution is 7.22. The lowest BCUT2D eigenvalue weighted by molar-refractivity contribution is 1.04. The number of anilines is 2. The largest absolute Gasteiger partial charge is 0.315 e. The molecule has 2 aromatic heterocycles. The van der Waals surface area contributed by atoms with Crippen molar-refractivity contribution in [3.63, 3.8) is 0 Å². The lowest BCUT2D eigenvalue weighted by Gasteiger charge is -2.03. The molecule has 0 saturated heterocycles. The van der Waals surface area contributed by atoms with Gasteiger partial charge in [-0.25, -0.2) is 4.98 Å². The van der Waals surface area contributed by atoms with Crippen LogP contribution in [0.3, 0.4) is 0 Å². The molecule has 0 bridgehead atoms. The van der Waals surface area contributed by atoms with E-state index >= 15 is 0 Å². The molecule has 2 aromatic carbocycles. The van der Waals surface area contributed by atoms with Crippen molar-refractivity contribution >= 4 is 32.5 Å². The lowest BCUT2D eigenvalue weighted by atomic mass is 10.1. The van der Waals surface area contributed by atoms with Crippen molar-refractivity contribution in [2.75, 3.05) is 5.32 Å². The maximum atomic E-state index is 4.61. The average Bonchev–Trinajstić information content (AvgIpc) is 3.04. The molecule has 0 saturated carbocycles. The van der Waals surface area contributed by atoms with Crippen LogP contribution in [0.2, 0.25) is 0 Å². The number of fused-ring (bicyclic) bond motifs is 1. The summed E-state index contributed by atoms with van der Waals surface area (Å²) in [5, 5.41) is 12.7.